The molecule has 0 spiro atoms. The fourth-order valence-electron chi connectivity index (χ4n) is 3.79. The second-order valence-electron chi connectivity index (χ2n) is 8.50. The van der Waals surface area contributed by atoms with Crippen molar-refractivity contribution < 1.29 is 28.2 Å². The Bertz CT molecular complexity index is 1270. The molecule has 10 heteroatoms. The molecule has 0 fully saturated rings. The smallest absolute Gasteiger partial charge is 0.266 e. The van der Waals surface area contributed by atoms with E-state index in [4.69, 9.17) is 19.6 Å². The van der Waals surface area contributed by atoms with Gasteiger partial charge in [0.1, 0.15) is 24.0 Å². The predicted molar refractivity (Wildman–Crippen MR) is 138 cm³/mol. The molecule has 0 aliphatic carbocycles. The van der Waals surface area contributed by atoms with Crippen LogP contribution in [0.2, 0.25) is 0 Å². The molecule has 0 unspecified atom stereocenters. The summed E-state index contributed by atoms with van der Waals surface area (Å²) in [6.45, 7) is 0.407. The first-order valence-electron chi connectivity index (χ1n) is 11.7. The Labute approximate surface area is 221 Å². The standard InChI is InChI=1S/C27H26BrF2N3O4/c28-23-5-2-1-4-19(23)15-27(26(35)33-31-16-20-6-9-21(29)14-24(20)30)17-37-25(32-27)18-7-10-22(11-8-18)36-13-3-12-34/h1-2,4-11,14,31,34H,3,12-13,15-17H2,(H,33,35)/t27-/m0/s1. The van der Waals surface area contributed by atoms with Gasteiger partial charge in [-0.3, -0.25) is 10.2 Å². The van der Waals surface area contributed by atoms with Crippen LogP contribution in [0.25, 0.3) is 0 Å². The lowest BCUT2D eigenvalue weighted by atomic mass is 9.91. The number of aliphatic hydroxyl groups excluding tert-OH is 1. The normalized spacial score (nSPS) is 16.7. The fraction of sp³-hybridized carbons (Fsp3) is 0.259. The molecule has 0 radical (unpaired) electrons. The quantitative estimate of drug-likeness (QED) is 0.237. The van der Waals surface area contributed by atoms with Crippen molar-refractivity contribution in [2.45, 2.75) is 24.9 Å². The van der Waals surface area contributed by atoms with Crippen molar-refractivity contribution in [3.8, 4) is 5.75 Å². The summed E-state index contributed by atoms with van der Waals surface area (Å²) < 4.78 is 39.4. The van der Waals surface area contributed by atoms with Gasteiger partial charge in [-0.05, 0) is 42.0 Å². The van der Waals surface area contributed by atoms with Crippen LogP contribution < -0.4 is 15.6 Å². The minimum absolute atomic E-state index is 0.00313. The SMILES string of the molecule is O=C(NNCc1ccc(F)cc1F)[C@]1(Cc2ccccc2Br)COC(c2ccc(OCCCO)cc2)=N1. The van der Waals surface area contributed by atoms with Crippen molar-refractivity contribution in [1.82, 2.24) is 10.9 Å². The zero-order valence-electron chi connectivity index (χ0n) is 19.8. The molecule has 1 atom stereocenters. The molecule has 1 amide bonds. The molecule has 3 aromatic carbocycles. The number of nitrogens with one attached hydrogen (secondary N) is 2. The lowest BCUT2D eigenvalue weighted by Crippen LogP contribution is -2.52. The van der Waals surface area contributed by atoms with E-state index < -0.39 is 23.1 Å². The molecule has 37 heavy (non-hydrogen) atoms. The highest BCUT2D eigenvalue weighted by Crippen LogP contribution is 2.30. The number of hydrogen-bond donors (Lipinski definition) is 3. The summed E-state index contributed by atoms with van der Waals surface area (Å²) >= 11 is 3.53. The minimum atomic E-state index is -1.29. The highest BCUT2D eigenvalue weighted by atomic mass is 79.9. The highest BCUT2D eigenvalue weighted by Gasteiger charge is 2.45. The molecule has 0 aromatic heterocycles. The van der Waals surface area contributed by atoms with Gasteiger partial charge in [-0.1, -0.05) is 40.2 Å². The van der Waals surface area contributed by atoms with Crippen molar-refractivity contribution >= 4 is 27.7 Å². The van der Waals surface area contributed by atoms with Gasteiger partial charge in [0.25, 0.3) is 5.91 Å². The summed E-state index contributed by atoms with van der Waals surface area (Å²) in [4.78, 5) is 18.1. The number of rotatable bonds is 11. The Kier molecular flexibility index (Phi) is 8.86. The maximum atomic E-state index is 14.0. The Morgan fingerprint density at radius 3 is 2.62 bits per heavy atom. The molecule has 1 heterocycles. The summed E-state index contributed by atoms with van der Waals surface area (Å²) in [7, 11) is 0. The number of nitrogens with zero attached hydrogens (tertiary/aromatic N) is 1. The number of amides is 1. The topological polar surface area (TPSA) is 92.2 Å². The van der Waals surface area contributed by atoms with Gasteiger partial charge in [-0.2, -0.15) is 0 Å². The van der Waals surface area contributed by atoms with E-state index in [1.165, 1.54) is 6.07 Å². The molecule has 7 nitrogen and oxygen atoms in total. The number of halogens is 3. The van der Waals surface area contributed by atoms with E-state index in [0.29, 0.717) is 30.2 Å². The summed E-state index contributed by atoms with van der Waals surface area (Å²) in [6, 6.07) is 17.9. The van der Waals surface area contributed by atoms with Crippen LogP contribution in [-0.4, -0.2) is 42.3 Å². The van der Waals surface area contributed by atoms with Gasteiger partial charge < -0.3 is 14.6 Å². The number of aliphatic imine (C=N–C) groups is 1. The van der Waals surface area contributed by atoms with E-state index in [1.807, 2.05) is 24.3 Å². The van der Waals surface area contributed by atoms with Crippen LogP contribution in [0.4, 0.5) is 8.78 Å². The van der Waals surface area contributed by atoms with Crippen molar-refractivity contribution in [3.63, 3.8) is 0 Å². The molecule has 3 N–H and O–H groups in total. The third kappa shape index (κ3) is 6.71. The van der Waals surface area contributed by atoms with E-state index in [9.17, 15) is 13.6 Å². The largest absolute Gasteiger partial charge is 0.494 e. The fourth-order valence-corrected chi connectivity index (χ4v) is 4.21. The van der Waals surface area contributed by atoms with Crippen molar-refractivity contribution in [3.05, 3.63) is 99.5 Å². The van der Waals surface area contributed by atoms with Gasteiger partial charge in [0.2, 0.25) is 5.90 Å². The molecule has 0 bridgehead atoms. The number of hydrogen-bond acceptors (Lipinski definition) is 6. The number of carbonyl (C=O) groups excluding carboxylic acids is 1. The zero-order valence-corrected chi connectivity index (χ0v) is 21.4. The molecule has 0 saturated carbocycles. The molecule has 0 saturated heterocycles. The highest BCUT2D eigenvalue weighted by molar-refractivity contribution is 9.10. The lowest BCUT2D eigenvalue weighted by Gasteiger charge is -2.24. The number of benzene rings is 3. The van der Waals surface area contributed by atoms with Crippen LogP contribution in [0.1, 0.15) is 23.1 Å². The van der Waals surface area contributed by atoms with Gasteiger partial charge >= 0.3 is 0 Å². The third-order valence-corrected chi connectivity index (χ3v) is 6.57. The second kappa shape index (κ2) is 12.3. The summed E-state index contributed by atoms with van der Waals surface area (Å²) in [5.41, 5.74) is 5.79. The average Bonchev–Trinajstić information content (AvgIpc) is 3.32. The van der Waals surface area contributed by atoms with E-state index in [-0.39, 0.29) is 31.7 Å². The van der Waals surface area contributed by atoms with Gasteiger partial charge in [-0.25, -0.2) is 19.2 Å². The van der Waals surface area contributed by atoms with Gasteiger partial charge in [0, 0.05) is 47.7 Å². The summed E-state index contributed by atoms with van der Waals surface area (Å²) in [5.74, 6) is -0.881. The molecule has 1 aliphatic rings. The van der Waals surface area contributed by atoms with Gasteiger partial charge in [-0.15, -0.1) is 0 Å². The molecule has 3 aromatic rings. The first-order chi connectivity index (χ1) is 17.9. The summed E-state index contributed by atoms with van der Waals surface area (Å²) in [5, 5.41) is 8.90. The van der Waals surface area contributed by atoms with Crippen LogP contribution >= 0.6 is 15.9 Å². The first-order valence-corrected chi connectivity index (χ1v) is 12.5. The van der Waals surface area contributed by atoms with E-state index in [2.05, 4.69) is 26.8 Å². The Hall–Kier alpha value is -3.34. The monoisotopic (exact) mass is 573 g/mol. The molecule has 4 rings (SSSR count). The number of hydrazine groups is 1. The zero-order chi connectivity index (χ0) is 26.3. The number of carbonyl (C=O) groups is 1. The van der Waals surface area contributed by atoms with Gasteiger partial charge in [0.05, 0.1) is 6.61 Å². The van der Waals surface area contributed by atoms with Crippen LogP contribution in [0.3, 0.4) is 0 Å². The Morgan fingerprint density at radius 2 is 1.89 bits per heavy atom. The van der Waals surface area contributed by atoms with Crippen LogP contribution in [-0.2, 0) is 22.5 Å². The average molecular weight is 574 g/mol. The van der Waals surface area contributed by atoms with E-state index in [0.717, 1.165) is 22.2 Å². The van der Waals surface area contributed by atoms with Crippen molar-refractivity contribution in [2.24, 2.45) is 4.99 Å². The lowest BCUT2D eigenvalue weighted by molar-refractivity contribution is -0.127. The van der Waals surface area contributed by atoms with Crippen LogP contribution in [0.15, 0.2) is 76.2 Å². The van der Waals surface area contributed by atoms with Gasteiger partial charge in [0.15, 0.2) is 5.54 Å². The van der Waals surface area contributed by atoms with Crippen molar-refractivity contribution in [2.75, 3.05) is 19.8 Å². The second-order valence-corrected chi connectivity index (χ2v) is 9.35. The number of ether oxygens (including phenoxy) is 2. The molecule has 194 valence electrons. The molecular weight excluding hydrogens is 548 g/mol. The minimum Gasteiger partial charge on any atom is -0.494 e. The van der Waals surface area contributed by atoms with Crippen LogP contribution in [0, 0.1) is 11.6 Å². The third-order valence-electron chi connectivity index (χ3n) is 5.79. The molecular formula is C27H26BrF2N3O4. The number of aliphatic hydroxyl groups is 1. The van der Waals surface area contributed by atoms with E-state index in [1.54, 1.807) is 24.3 Å². The maximum Gasteiger partial charge on any atom is 0.266 e. The first kappa shape index (κ1) is 26.7. The maximum absolute atomic E-state index is 14.0. The molecule has 1 aliphatic heterocycles. The Balaban J connectivity index is 1.52. The van der Waals surface area contributed by atoms with Crippen LogP contribution in [0.5, 0.6) is 5.75 Å². The predicted octanol–water partition coefficient (Wildman–Crippen LogP) is 4.07. The van der Waals surface area contributed by atoms with Crippen molar-refractivity contribution in [1.29, 1.82) is 0 Å². The summed E-state index contributed by atoms with van der Waals surface area (Å²) in [6.07, 6.45) is 0.783. The Morgan fingerprint density at radius 1 is 1.11 bits per heavy atom. The van der Waals surface area contributed by atoms with E-state index >= 15 is 0 Å².